The number of fused-ring (bicyclic) bond motifs is 4. The smallest absolute Gasteiger partial charge is 0.281 e. The Balaban J connectivity index is 0.000000159. The van der Waals surface area contributed by atoms with Crippen LogP contribution in [0.1, 0.15) is 32.1 Å². The van der Waals surface area contributed by atoms with Gasteiger partial charge >= 0.3 is 0 Å². The number of hydrogen-bond donors (Lipinski definition) is 2. The quantitative estimate of drug-likeness (QED) is 0.264. The van der Waals surface area contributed by atoms with E-state index in [9.17, 15) is 43.0 Å². The third-order valence-electron chi connectivity index (χ3n) is 8.67. The molecule has 0 aliphatic carbocycles. The summed E-state index contributed by atoms with van der Waals surface area (Å²) in [6.45, 7) is 0.409. The zero-order valence-electron chi connectivity index (χ0n) is 26.5. The summed E-state index contributed by atoms with van der Waals surface area (Å²) in [5, 5.41) is 21.4. The molecule has 8 rings (SSSR count). The predicted molar refractivity (Wildman–Crippen MR) is 178 cm³/mol. The average Bonchev–Trinajstić information content (AvgIpc) is 3.14. The molecule has 6 aromatic rings. The van der Waals surface area contributed by atoms with Gasteiger partial charge in [0, 0.05) is 32.0 Å². The van der Waals surface area contributed by atoms with E-state index < -0.39 is 34.8 Å². The van der Waals surface area contributed by atoms with Crippen LogP contribution in [-0.4, -0.2) is 63.4 Å². The van der Waals surface area contributed by atoms with E-state index in [0.717, 1.165) is 15.0 Å². The first kappa shape index (κ1) is 32.8. The van der Waals surface area contributed by atoms with Gasteiger partial charge in [-0.3, -0.25) is 48.0 Å². The van der Waals surface area contributed by atoms with Crippen molar-refractivity contribution in [3.05, 3.63) is 140 Å². The largest absolute Gasteiger partial charge is 0.504 e. The Kier molecular flexibility index (Phi) is 8.30. The minimum atomic E-state index is -0.798. The number of pyridine rings is 4. The highest BCUT2D eigenvalue weighted by Gasteiger charge is 2.36. The Bertz CT molecular complexity index is 2520. The second-order valence-electron chi connectivity index (χ2n) is 11.8. The number of rotatable bonds is 4. The molecule has 0 spiro atoms. The zero-order chi connectivity index (χ0) is 36.0. The van der Waals surface area contributed by atoms with E-state index in [-0.39, 0.29) is 76.5 Å². The second kappa shape index (κ2) is 12.9. The SMILES string of the molecule is O=C1Cn2c(c(O)c3ncccc3c2=O)C(=O)N1Cc1ccc(F)cc1.O=C1c2c(O)c3ncccc3c(=O)n2CCN1Cc1ccc(F)cc1. The van der Waals surface area contributed by atoms with Gasteiger partial charge in [-0.15, -0.1) is 0 Å². The summed E-state index contributed by atoms with van der Waals surface area (Å²) in [4.78, 5) is 73.6. The number of hydrogen-bond acceptors (Lipinski definition) is 9. The van der Waals surface area contributed by atoms with E-state index in [2.05, 4.69) is 9.97 Å². The number of nitrogens with zero attached hydrogens (tertiary/aromatic N) is 6. The van der Waals surface area contributed by atoms with E-state index in [1.807, 2.05) is 0 Å². The number of aromatic nitrogens is 4. The summed E-state index contributed by atoms with van der Waals surface area (Å²) in [6, 6.07) is 17.4. The van der Waals surface area contributed by atoms with E-state index in [0.29, 0.717) is 12.1 Å². The van der Waals surface area contributed by atoms with Gasteiger partial charge in [-0.1, -0.05) is 24.3 Å². The molecule has 0 saturated heterocycles. The lowest BCUT2D eigenvalue weighted by Gasteiger charge is -2.30. The summed E-state index contributed by atoms with van der Waals surface area (Å²) in [6.07, 6.45) is 2.86. The number of imide groups is 1. The number of amides is 3. The molecule has 0 atom stereocenters. The number of benzene rings is 2. The molecule has 13 nitrogen and oxygen atoms in total. The standard InChI is InChI=1S/C18H12FN3O4.C18H14FN3O3/c19-11-5-3-10(4-6-11)8-21-13(23)9-22-15(18(21)26)16(24)14-12(17(22)25)2-1-7-20-14;19-12-5-3-11(4-6-12)10-21-8-9-22-15(18(21)25)16(23)14-13(17(22)24)2-1-7-20-14/h1-7,24H,8-9H2;1-7,23H,8-10H2. The Morgan fingerprint density at radius 3 is 1.65 bits per heavy atom. The normalized spacial score (nSPS) is 14.0. The number of aromatic hydroxyl groups is 2. The molecule has 0 bridgehead atoms. The Labute approximate surface area is 285 Å². The van der Waals surface area contributed by atoms with E-state index >= 15 is 0 Å². The first-order chi connectivity index (χ1) is 24.5. The fraction of sp³-hybridized carbons (Fsp3) is 0.139. The van der Waals surface area contributed by atoms with Gasteiger partial charge in [0.1, 0.15) is 29.2 Å². The zero-order valence-corrected chi connectivity index (χ0v) is 26.5. The molecule has 2 aliphatic heterocycles. The molecule has 0 saturated carbocycles. The van der Waals surface area contributed by atoms with E-state index in [1.165, 1.54) is 70.4 Å². The van der Waals surface area contributed by atoms with Crippen LogP contribution in [0.15, 0.2) is 94.8 Å². The van der Waals surface area contributed by atoms with Crippen molar-refractivity contribution in [3.63, 3.8) is 0 Å². The fourth-order valence-electron chi connectivity index (χ4n) is 6.13. The highest BCUT2D eigenvalue weighted by molar-refractivity contribution is 6.10. The molecule has 0 radical (unpaired) electrons. The van der Waals surface area contributed by atoms with E-state index in [4.69, 9.17) is 0 Å². The molecular weight excluding hydrogens is 666 g/mol. The van der Waals surface area contributed by atoms with Crippen LogP contribution < -0.4 is 11.1 Å². The van der Waals surface area contributed by atoms with Crippen LogP contribution in [0.5, 0.6) is 11.5 Å². The lowest BCUT2D eigenvalue weighted by Crippen LogP contribution is -2.47. The van der Waals surface area contributed by atoms with Crippen molar-refractivity contribution in [1.82, 2.24) is 28.9 Å². The molecular formula is C36H26F2N6O7. The highest BCUT2D eigenvalue weighted by Crippen LogP contribution is 2.30. The minimum Gasteiger partial charge on any atom is -0.504 e. The molecule has 0 fully saturated rings. The fourth-order valence-corrected chi connectivity index (χ4v) is 6.13. The van der Waals surface area contributed by atoms with Gasteiger partial charge in [0.05, 0.1) is 17.3 Å². The van der Waals surface area contributed by atoms with Gasteiger partial charge in [-0.05, 0) is 59.7 Å². The summed E-state index contributed by atoms with van der Waals surface area (Å²) in [5.41, 5.74) is 0.206. The van der Waals surface area contributed by atoms with E-state index in [1.54, 1.807) is 24.3 Å². The molecule has 2 aromatic carbocycles. The molecule has 6 heterocycles. The van der Waals surface area contributed by atoms with Crippen molar-refractivity contribution in [2.45, 2.75) is 26.2 Å². The topological polar surface area (TPSA) is 168 Å². The van der Waals surface area contributed by atoms with Crippen LogP contribution in [0, 0.1) is 11.6 Å². The van der Waals surface area contributed by atoms with Crippen LogP contribution in [0.3, 0.4) is 0 Å². The minimum absolute atomic E-state index is 0.00758. The molecule has 15 heteroatoms. The summed E-state index contributed by atoms with van der Waals surface area (Å²) >= 11 is 0. The van der Waals surface area contributed by atoms with Crippen molar-refractivity contribution in [2.75, 3.05) is 6.54 Å². The van der Waals surface area contributed by atoms with Crippen molar-refractivity contribution >= 4 is 39.5 Å². The first-order valence-electron chi connectivity index (χ1n) is 15.6. The molecule has 3 amide bonds. The monoisotopic (exact) mass is 692 g/mol. The van der Waals surface area contributed by atoms with Gasteiger partial charge < -0.3 is 15.1 Å². The van der Waals surface area contributed by atoms with Crippen molar-refractivity contribution in [1.29, 1.82) is 0 Å². The van der Waals surface area contributed by atoms with Crippen LogP contribution in [0.4, 0.5) is 8.78 Å². The molecule has 256 valence electrons. The summed E-state index contributed by atoms with van der Waals surface area (Å²) in [7, 11) is 0. The molecule has 2 aliphatic rings. The highest BCUT2D eigenvalue weighted by atomic mass is 19.1. The van der Waals surface area contributed by atoms with Gasteiger partial charge in [-0.25, -0.2) is 8.78 Å². The Morgan fingerprint density at radius 1 is 0.608 bits per heavy atom. The van der Waals surface area contributed by atoms with Crippen molar-refractivity contribution in [3.8, 4) is 11.5 Å². The number of carbonyl (C=O) groups is 3. The number of halogens is 2. The Morgan fingerprint density at radius 2 is 1.10 bits per heavy atom. The Hall–Kier alpha value is -6.77. The number of carbonyl (C=O) groups excluding carboxylic acids is 3. The lowest BCUT2D eigenvalue weighted by molar-refractivity contribution is -0.130. The van der Waals surface area contributed by atoms with Crippen molar-refractivity contribution in [2.24, 2.45) is 0 Å². The van der Waals surface area contributed by atoms with Crippen LogP contribution in [0.25, 0.3) is 21.8 Å². The third kappa shape index (κ3) is 5.83. The molecule has 2 N–H and O–H groups in total. The molecule has 4 aromatic heterocycles. The van der Waals surface area contributed by atoms with Gasteiger partial charge in [0.2, 0.25) is 5.91 Å². The average molecular weight is 693 g/mol. The first-order valence-corrected chi connectivity index (χ1v) is 15.6. The van der Waals surface area contributed by atoms with Crippen LogP contribution >= 0.6 is 0 Å². The van der Waals surface area contributed by atoms with Crippen molar-refractivity contribution < 1.29 is 33.4 Å². The molecule has 0 unspecified atom stereocenters. The van der Waals surface area contributed by atoms with Gasteiger partial charge in [-0.2, -0.15) is 0 Å². The van der Waals surface area contributed by atoms with Gasteiger partial charge in [0.25, 0.3) is 22.9 Å². The lowest BCUT2D eigenvalue weighted by atomic mass is 10.1. The maximum absolute atomic E-state index is 13.0. The predicted octanol–water partition coefficient (Wildman–Crippen LogP) is 3.32. The summed E-state index contributed by atoms with van der Waals surface area (Å²) in [5.74, 6) is -3.34. The maximum Gasteiger partial charge on any atom is 0.281 e. The molecule has 51 heavy (non-hydrogen) atoms. The van der Waals surface area contributed by atoms with Gasteiger partial charge in [0.15, 0.2) is 22.9 Å². The van der Waals surface area contributed by atoms with Crippen LogP contribution in [-0.2, 0) is 31.0 Å². The van der Waals surface area contributed by atoms with Crippen LogP contribution in [0.2, 0.25) is 0 Å². The third-order valence-corrected chi connectivity index (χ3v) is 8.67. The maximum atomic E-state index is 13.0. The summed E-state index contributed by atoms with van der Waals surface area (Å²) < 4.78 is 28.3. The second-order valence-corrected chi connectivity index (χ2v) is 11.8.